The molecule has 2 fully saturated rings. The summed E-state index contributed by atoms with van der Waals surface area (Å²) in [6, 6.07) is 3.50. The van der Waals surface area contributed by atoms with Gasteiger partial charge in [-0.15, -0.1) is 11.3 Å². The van der Waals surface area contributed by atoms with Crippen molar-refractivity contribution in [2.75, 3.05) is 39.3 Å². The number of nitrogens with zero attached hydrogens (tertiary/aromatic N) is 2. The molecule has 3 rings (SSSR count). The zero-order valence-electron chi connectivity index (χ0n) is 14.2. The molecule has 1 aromatic heterocycles. The Morgan fingerprint density at radius 3 is 2.64 bits per heavy atom. The van der Waals surface area contributed by atoms with Crippen LogP contribution in [-0.2, 0) is 0 Å². The van der Waals surface area contributed by atoms with Crippen LogP contribution in [0.3, 0.4) is 0 Å². The Labute approximate surface area is 139 Å². The number of piperazine rings is 1. The van der Waals surface area contributed by atoms with Crippen LogP contribution in [0.25, 0.3) is 0 Å². The molecule has 0 radical (unpaired) electrons. The largest absolute Gasteiger partial charge is 0.314 e. The molecule has 0 aliphatic carbocycles. The maximum Gasteiger partial charge on any atom is 0.0575 e. The van der Waals surface area contributed by atoms with Gasteiger partial charge >= 0.3 is 0 Å². The van der Waals surface area contributed by atoms with Gasteiger partial charge in [0.25, 0.3) is 0 Å². The smallest absolute Gasteiger partial charge is 0.0575 e. The molecule has 2 unspecified atom stereocenters. The first kappa shape index (κ1) is 16.4. The number of likely N-dealkylation sites (tertiary alicyclic amines) is 1. The van der Waals surface area contributed by atoms with Crippen molar-refractivity contribution >= 4 is 11.3 Å². The molecule has 22 heavy (non-hydrogen) atoms. The Hall–Kier alpha value is -0.420. The van der Waals surface area contributed by atoms with Crippen LogP contribution in [0, 0.1) is 6.92 Å². The number of aryl methyl sites for hydroxylation is 1. The Balaban J connectivity index is 1.77. The molecule has 1 N–H and O–H groups in total. The molecule has 0 aromatic carbocycles. The van der Waals surface area contributed by atoms with Gasteiger partial charge in [-0.1, -0.05) is 12.8 Å². The van der Waals surface area contributed by atoms with Gasteiger partial charge in [0.2, 0.25) is 0 Å². The van der Waals surface area contributed by atoms with E-state index in [0.717, 1.165) is 13.1 Å². The van der Waals surface area contributed by atoms with E-state index in [-0.39, 0.29) is 0 Å². The minimum absolute atomic E-state index is 0.579. The summed E-state index contributed by atoms with van der Waals surface area (Å²) >= 11 is 1.96. The van der Waals surface area contributed by atoms with Gasteiger partial charge < -0.3 is 10.2 Å². The van der Waals surface area contributed by atoms with Crippen LogP contribution in [0.4, 0.5) is 0 Å². The summed E-state index contributed by atoms with van der Waals surface area (Å²) < 4.78 is 0. The number of thiophene rings is 1. The molecule has 124 valence electrons. The molecule has 2 atom stereocenters. The summed E-state index contributed by atoms with van der Waals surface area (Å²) in [5.41, 5.74) is 1.48. The Bertz CT molecular complexity index is 451. The lowest BCUT2D eigenvalue weighted by atomic mass is 10.1. The topological polar surface area (TPSA) is 18.5 Å². The first-order chi connectivity index (χ1) is 10.8. The molecule has 3 heterocycles. The third kappa shape index (κ3) is 3.91. The van der Waals surface area contributed by atoms with Crippen molar-refractivity contribution < 1.29 is 0 Å². The predicted octanol–water partition coefficient (Wildman–Crippen LogP) is 3.27. The van der Waals surface area contributed by atoms with Gasteiger partial charge in [-0.25, -0.2) is 0 Å². The second-order valence-electron chi connectivity index (χ2n) is 6.99. The second kappa shape index (κ2) is 7.91. The minimum Gasteiger partial charge on any atom is -0.314 e. The van der Waals surface area contributed by atoms with E-state index in [1.165, 1.54) is 57.4 Å². The summed E-state index contributed by atoms with van der Waals surface area (Å²) in [7, 11) is 0. The van der Waals surface area contributed by atoms with Crippen LogP contribution in [0.15, 0.2) is 11.4 Å². The molecule has 3 nitrogen and oxygen atoms in total. The maximum absolute atomic E-state index is 3.54. The molecule has 0 saturated carbocycles. The fourth-order valence-electron chi connectivity index (χ4n) is 3.95. The second-order valence-corrected chi connectivity index (χ2v) is 7.94. The monoisotopic (exact) mass is 321 g/mol. The van der Waals surface area contributed by atoms with Gasteiger partial charge in [0.1, 0.15) is 0 Å². The summed E-state index contributed by atoms with van der Waals surface area (Å²) in [6.07, 6.45) is 5.60. The molecule has 2 aliphatic heterocycles. The summed E-state index contributed by atoms with van der Waals surface area (Å²) in [4.78, 5) is 7.07. The summed E-state index contributed by atoms with van der Waals surface area (Å²) in [5.74, 6) is 0. The summed E-state index contributed by atoms with van der Waals surface area (Å²) in [5, 5.41) is 5.81. The highest BCUT2D eigenvalue weighted by Crippen LogP contribution is 2.32. The van der Waals surface area contributed by atoms with Crippen LogP contribution in [0.2, 0.25) is 0 Å². The van der Waals surface area contributed by atoms with Crippen LogP contribution in [-0.4, -0.2) is 55.1 Å². The van der Waals surface area contributed by atoms with E-state index in [1.807, 2.05) is 11.3 Å². The molecular formula is C18H31N3S. The number of hydrogen-bond acceptors (Lipinski definition) is 4. The third-order valence-electron chi connectivity index (χ3n) is 5.29. The minimum atomic E-state index is 0.579. The Morgan fingerprint density at radius 1 is 1.23 bits per heavy atom. The van der Waals surface area contributed by atoms with Gasteiger partial charge in [-0.2, -0.15) is 0 Å². The van der Waals surface area contributed by atoms with E-state index in [1.54, 1.807) is 4.88 Å². The first-order valence-corrected chi connectivity index (χ1v) is 9.86. The van der Waals surface area contributed by atoms with Crippen LogP contribution in [0.1, 0.15) is 49.1 Å². The molecule has 0 spiro atoms. The Kier molecular flexibility index (Phi) is 5.91. The van der Waals surface area contributed by atoms with Crippen LogP contribution in [0.5, 0.6) is 0 Å². The fourth-order valence-corrected chi connectivity index (χ4v) is 4.99. The predicted molar refractivity (Wildman–Crippen MR) is 95.7 cm³/mol. The summed E-state index contributed by atoms with van der Waals surface area (Å²) in [6.45, 7) is 11.9. The fraction of sp³-hybridized carbons (Fsp3) is 0.778. The average Bonchev–Trinajstić information content (AvgIpc) is 2.78. The van der Waals surface area contributed by atoms with E-state index < -0.39 is 0 Å². The molecular weight excluding hydrogens is 290 g/mol. The van der Waals surface area contributed by atoms with E-state index in [4.69, 9.17) is 0 Å². The zero-order valence-corrected chi connectivity index (χ0v) is 15.0. The molecule has 0 amide bonds. The van der Waals surface area contributed by atoms with E-state index in [9.17, 15) is 0 Å². The number of hydrogen-bond donors (Lipinski definition) is 1. The Morgan fingerprint density at radius 2 is 2.00 bits per heavy atom. The highest BCUT2D eigenvalue weighted by molar-refractivity contribution is 7.10. The van der Waals surface area contributed by atoms with Gasteiger partial charge in [0.05, 0.1) is 6.04 Å². The van der Waals surface area contributed by atoms with Crippen molar-refractivity contribution in [3.63, 3.8) is 0 Å². The van der Waals surface area contributed by atoms with Crippen LogP contribution < -0.4 is 5.32 Å². The molecule has 4 heteroatoms. The zero-order chi connectivity index (χ0) is 15.4. The van der Waals surface area contributed by atoms with Crippen molar-refractivity contribution in [2.45, 2.75) is 51.6 Å². The SMILES string of the molecule is Cc1ccsc1C(CN1CCCCCC1)N1CCNCC1C. The number of rotatable bonds is 4. The van der Waals surface area contributed by atoms with Crippen molar-refractivity contribution in [3.8, 4) is 0 Å². The molecule has 0 bridgehead atoms. The lowest BCUT2D eigenvalue weighted by molar-refractivity contribution is 0.0867. The highest BCUT2D eigenvalue weighted by atomic mass is 32.1. The number of nitrogens with one attached hydrogen (secondary N) is 1. The lowest BCUT2D eigenvalue weighted by Gasteiger charge is -2.41. The lowest BCUT2D eigenvalue weighted by Crippen LogP contribution is -2.53. The van der Waals surface area contributed by atoms with Crippen LogP contribution >= 0.6 is 11.3 Å². The van der Waals surface area contributed by atoms with Gasteiger partial charge in [-0.05, 0) is 56.8 Å². The average molecular weight is 322 g/mol. The van der Waals surface area contributed by atoms with E-state index >= 15 is 0 Å². The van der Waals surface area contributed by atoms with Gasteiger partial charge in [0.15, 0.2) is 0 Å². The van der Waals surface area contributed by atoms with Crippen molar-refractivity contribution in [2.24, 2.45) is 0 Å². The van der Waals surface area contributed by atoms with E-state index in [0.29, 0.717) is 12.1 Å². The standard InChI is InChI=1S/C18H31N3S/c1-15-7-12-22-18(15)17(21-11-8-19-13-16(21)2)14-20-9-5-3-4-6-10-20/h7,12,16-17,19H,3-6,8-11,13-14H2,1-2H3. The van der Waals surface area contributed by atoms with Crippen molar-refractivity contribution in [1.82, 2.24) is 15.1 Å². The van der Waals surface area contributed by atoms with E-state index in [2.05, 4.69) is 40.4 Å². The molecule has 2 aliphatic rings. The third-order valence-corrected chi connectivity index (χ3v) is 6.41. The first-order valence-electron chi connectivity index (χ1n) is 8.98. The normalized spacial score (nSPS) is 26.7. The van der Waals surface area contributed by atoms with Gasteiger partial charge in [-0.3, -0.25) is 4.90 Å². The molecule has 2 saturated heterocycles. The maximum atomic E-state index is 3.54. The van der Waals surface area contributed by atoms with Crippen molar-refractivity contribution in [3.05, 3.63) is 21.9 Å². The van der Waals surface area contributed by atoms with Crippen molar-refractivity contribution in [1.29, 1.82) is 0 Å². The highest BCUT2D eigenvalue weighted by Gasteiger charge is 2.30. The quantitative estimate of drug-likeness (QED) is 0.918. The van der Waals surface area contributed by atoms with Gasteiger partial charge in [0, 0.05) is 37.1 Å². The molecule has 1 aromatic rings.